The average Bonchev–Trinajstić information content (AvgIpc) is 2.85. The minimum Gasteiger partial charge on any atom is -0.477 e. The Morgan fingerprint density at radius 2 is 2.20 bits per heavy atom. The van der Waals surface area contributed by atoms with Crippen molar-refractivity contribution in [1.82, 2.24) is 5.32 Å². The normalized spacial score (nSPS) is 18.5. The van der Waals surface area contributed by atoms with Gasteiger partial charge in [0.15, 0.2) is 0 Å². The standard InChI is InChI=1S/C16H17NO2S/c18-16(19)15-13(10-17-11-6-2-1-3-7-11)12-8-4-5-9-14(12)20-15/h1-2,4-5,8-9,11,17H,3,6-7,10H2,(H,18,19). The molecule has 0 saturated heterocycles. The van der Waals surface area contributed by atoms with E-state index in [9.17, 15) is 9.90 Å². The number of allylic oxidation sites excluding steroid dienone is 1. The number of thiophene rings is 1. The molecule has 1 unspecified atom stereocenters. The zero-order valence-corrected chi connectivity index (χ0v) is 12.0. The fourth-order valence-corrected chi connectivity index (χ4v) is 3.73. The molecule has 1 aromatic heterocycles. The molecule has 20 heavy (non-hydrogen) atoms. The van der Waals surface area contributed by atoms with Crippen LogP contribution in [0.5, 0.6) is 0 Å². The van der Waals surface area contributed by atoms with E-state index in [1.807, 2.05) is 24.3 Å². The van der Waals surface area contributed by atoms with Crippen molar-refractivity contribution in [2.24, 2.45) is 0 Å². The summed E-state index contributed by atoms with van der Waals surface area (Å²) < 4.78 is 1.05. The first-order valence-electron chi connectivity index (χ1n) is 6.88. The van der Waals surface area contributed by atoms with Gasteiger partial charge in [0.05, 0.1) is 0 Å². The Kier molecular flexibility index (Phi) is 3.85. The molecule has 0 bridgehead atoms. The Labute approximate surface area is 121 Å². The van der Waals surface area contributed by atoms with Gasteiger partial charge < -0.3 is 10.4 Å². The second-order valence-electron chi connectivity index (χ2n) is 5.07. The molecule has 0 saturated carbocycles. The number of rotatable bonds is 4. The summed E-state index contributed by atoms with van der Waals surface area (Å²) in [5.41, 5.74) is 0.924. The van der Waals surface area contributed by atoms with Crippen molar-refractivity contribution in [3.8, 4) is 0 Å². The zero-order valence-electron chi connectivity index (χ0n) is 11.1. The molecule has 4 heteroatoms. The summed E-state index contributed by atoms with van der Waals surface area (Å²) >= 11 is 1.37. The lowest BCUT2D eigenvalue weighted by molar-refractivity contribution is 0.0701. The van der Waals surface area contributed by atoms with Gasteiger partial charge in [0.1, 0.15) is 4.88 Å². The number of hydrogen-bond donors (Lipinski definition) is 2. The molecule has 2 aromatic rings. The van der Waals surface area contributed by atoms with Crippen LogP contribution in [0, 0.1) is 0 Å². The van der Waals surface area contributed by atoms with Crippen molar-refractivity contribution in [3.63, 3.8) is 0 Å². The lowest BCUT2D eigenvalue weighted by Gasteiger charge is -2.19. The molecular weight excluding hydrogens is 270 g/mol. The van der Waals surface area contributed by atoms with E-state index < -0.39 is 5.97 Å². The van der Waals surface area contributed by atoms with Crippen LogP contribution in [0.3, 0.4) is 0 Å². The molecule has 0 amide bonds. The topological polar surface area (TPSA) is 49.3 Å². The highest BCUT2D eigenvalue weighted by Crippen LogP contribution is 2.31. The summed E-state index contributed by atoms with van der Waals surface area (Å²) in [5, 5.41) is 13.9. The molecule has 3 rings (SSSR count). The molecule has 0 aliphatic heterocycles. The Bertz CT molecular complexity index is 660. The van der Waals surface area contributed by atoms with Crippen LogP contribution in [0.15, 0.2) is 36.4 Å². The van der Waals surface area contributed by atoms with Crippen molar-refractivity contribution in [2.45, 2.75) is 31.8 Å². The van der Waals surface area contributed by atoms with Crippen LogP contribution in [0.1, 0.15) is 34.5 Å². The van der Waals surface area contributed by atoms with E-state index in [0.717, 1.165) is 34.9 Å². The third-order valence-electron chi connectivity index (χ3n) is 3.73. The molecule has 104 valence electrons. The minimum atomic E-state index is -0.827. The van der Waals surface area contributed by atoms with E-state index in [0.29, 0.717) is 17.5 Å². The summed E-state index contributed by atoms with van der Waals surface area (Å²) in [4.78, 5) is 11.9. The maximum atomic E-state index is 11.4. The van der Waals surface area contributed by atoms with Crippen molar-refractivity contribution in [2.75, 3.05) is 0 Å². The van der Waals surface area contributed by atoms with Crippen molar-refractivity contribution >= 4 is 27.4 Å². The van der Waals surface area contributed by atoms with Gasteiger partial charge in [0.2, 0.25) is 0 Å². The Hall–Kier alpha value is -1.65. The zero-order chi connectivity index (χ0) is 13.9. The SMILES string of the molecule is O=C(O)c1sc2ccccc2c1CNC1CC=CCC1. The third-order valence-corrected chi connectivity index (χ3v) is 4.93. The predicted octanol–water partition coefficient (Wildman–Crippen LogP) is 3.80. The molecule has 1 atom stereocenters. The fraction of sp³-hybridized carbons (Fsp3) is 0.312. The number of carboxylic acid groups (broad SMARTS) is 1. The predicted molar refractivity (Wildman–Crippen MR) is 82.4 cm³/mol. The van der Waals surface area contributed by atoms with Crippen LogP contribution in [-0.2, 0) is 6.54 Å². The van der Waals surface area contributed by atoms with Crippen LogP contribution < -0.4 is 5.32 Å². The Balaban J connectivity index is 1.87. The van der Waals surface area contributed by atoms with Gasteiger partial charge in [-0.25, -0.2) is 4.79 Å². The van der Waals surface area contributed by atoms with Crippen LogP contribution in [0.2, 0.25) is 0 Å². The first kappa shape index (κ1) is 13.3. The number of nitrogens with one attached hydrogen (secondary N) is 1. The quantitative estimate of drug-likeness (QED) is 0.841. The molecule has 3 nitrogen and oxygen atoms in total. The molecule has 0 fully saturated rings. The summed E-state index contributed by atoms with van der Waals surface area (Å²) in [6.07, 6.45) is 7.67. The monoisotopic (exact) mass is 287 g/mol. The van der Waals surface area contributed by atoms with Gasteiger partial charge in [0, 0.05) is 17.3 Å². The number of hydrogen-bond acceptors (Lipinski definition) is 3. The number of carbonyl (C=O) groups is 1. The smallest absolute Gasteiger partial charge is 0.346 e. The Morgan fingerprint density at radius 3 is 2.95 bits per heavy atom. The highest BCUT2D eigenvalue weighted by molar-refractivity contribution is 7.21. The molecule has 1 aliphatic rings. The second kappa shape index (κ2) is 5.77. The minimum absolute atomic E-state index is 0.459. The molecule has 1 aliphatic carbocycles. The van der Waals surface area contributed by atoms with Gasteiger partial charge in [-0.1, -0.05) is 30.4 Å². The largest absolute Gasteiger partial charge is 0.477 e. The summed E-state index contributed by atoms with van der Waals surface area (Å²) in [6.45, 7) is 0.629. The van der Waals surface area contributed by atoms with Gasteiger partial charge in [-0.2, -0.15) is 0 Å². The number of fused-ring (bicyclic) bond motifs is 1. The summed E-state index contributed by atoms with van der Waals surface area (Å²) in [5.74, 6) is -0.827. The molecule has 1 heterocycles. The average molecular weight is 287 g/mol. The van der Waals surface area contributed by atoms with Crippen molar-refractivity contribution < 1.29 is 9.90 Å². The van der Waals surface area contributed by atoms with Gasteiger partial charge in [-0.3, -0.25) is 0 Å². The van der Waals surface area contributed by atoms with Gasteiger partial charge in [-0.15, -0.1) is 11.3 Å². The van der Waals surface area contributed by atoms with Crippen LogP contribution in [0.4, 0.5) is 0 Å². The van der Waals surface area contributed by atoms with Gasteiger partial charge in [0.25, 0.3) is 0 Å². The van der Waals surface area contributed by atoms with Crippen molar-refractivity contribution in [3.05, 3.63) is 46.9 Å². The first-order valence-corrected chi connectivity index (χ1v) is 7.69. The van der Waals surface area contributed by atoms with E-state index in [1.54, 1.807) is 0 Å². The maximum Gasteiger partial charge on any atom is 0.346 e. The first-order chi connectivity index (χ1) is 9.75. The molecular formula is C16H17NO2S. The van der Waals surface area contributed by atoms with Crippen LogP contribution in [0.25, 0.3) is 10.1 Å². The molecule has 0 radical (unpaired) electrons. The summed E-state index contributed by atoms with van der Waals surface area (Å²) in [7, 11) is 0. The maximum absolute atomic E-state index is 11.4. The highest BCUT2D eigenvalue weighted by Gasteiger charge is 2.18. The number of carboxylic acids is 1. The second-order valence-corrected chi connectivity index (χ2v) is 6.13. The van der Waals surface area contributed by atoms with Gasteiger partial charge in [-0.05, 0) is 36.3 Å². The van der Waals surface area contributed by atoms with Crippen LogP contribution >= 0.6 is 11.3 Å². The lowest BCUT2D eigenvalue weighted by Crippen LogP contribution is -2.29. The van der Waals surface area contributed by atoms with E-state index in [2.05, 4.69) is 17.5 Å². The third kappa shape index (κ3) is 2.62. The van der Waals surface area contributed by atoms with Crippen LogP contribution in [-0.4, -0.2) is 17.1 Å². The summed E-state index contributed by atoms with van der Waals surface area (Å²) in [6, 6.07) is 8.37. The Morgan fingerprint density at radius 1 is 1.35 bits per heavy atom. The lowest BCUT2D eigenvalue weighted by atomic mass is 10.0. The molecule has 2 N–H and O–H groups in total. The van der Waals surface area contributed by atoms with Gasteiger partial charge >= 0.3 is 5.97 Å². The highest BCUT2D eigenvalue weighted by atomic mass is 32.1. The van der Waals surface area contributed by atoms with E-state index in [-0.39, 0.29) is 0 Å². The molecule has 0 spiro atoms. The van der Waals surface area contributed by atoms with E-state index >= 15 is 0 Å². The fourth-order valence-electron chi connectivity index (χ4n) is 2.67. The number of aromatic carboxylic acids is 1. The van der Waals surface area contributed by atoms with Crippen molar-refractivity contribution in [1.29, 1.82) is 0 Å². The van der Waals surface area contributed by atoms with E-state index in [1.165, 1.54) is 11.3 Å². The molecule has 1 aromatic carbocycles. The number of benzene rings is 1. The van der Waals surface area contributed by atoms with E-state index in [4.69, 9.17) is 0 Å².